The molecule has 11 heteroatoms. The molecule has 0 unspecified atom stereocenters. The second kappa shape index (κ2) is 13.6. The fraction of sp³-hybridized carbons (Fsp3) is 0.375. The van der Waals surface area contributed by atoms with E-state index >= 15 is 0 Å². The summed E-state index contributed by atoms with van der Waals surface area (Å²) in [5.74, 6) is 0.237. The summed E-state index contributed by atoms with van der Waals surface area (Å²) >= 11 is 0. The average Bonchev–Trinajstić information content (AvgIpc) is 3.37. The van der Waals surface area contributed by atoms with Gasteiger partial charge in [0.25, 0.3) is 0 Å². The maximum atomic E-state index is 13.1. The van der Waals surface area contributed by atoms with Crippen molar-refractivity contribution in [2.24, 2.45) is 0 Å². The molecular formula is C32H42N8O3. The third-order valence-electron chi connectivity index (χ3n) is 7.22. The number of nitrogens with zero attached hydrogens (tertiary/aromatic N) is 4. The largest absolute Gasteiger partial charge is 0.494 e. The fourth-order valence-electron chi connectivity index (χ4n) is 5.00. The van der Waals surface area contributed by atoms with E-state index in [9.17, 15) is 10.2 Å². The van der Waals surface area contributed by atoms with Gasteiger partial charge in [-0.05, 0) is 39.6 Å². The van der Waals surface area contributed by atoms with Crippen molar-refractivity contribution < 1.29 is 14.3 Å². The standard InChI is InChI=1S/C32H42N8O3/c1-19(2)43-31(41)23-18-36-32(38-30(23)28(33)22-15-20-11-9-10-12-21(20)29(22)35-4)37-25-16-24(34-3)26(17-27(25)42-8)40(7)14-13-39(5)6/h9-12,16-19,33-35H,13-15H2,1-8H3,(H,36,37,38). The van der Waals surface area contributed by atoms with Crippen molar-refractivity contribution in [3.63, 3.8) is 0 Å². The maximum Gasteiger partial charge on any atom is 0.342 e. The number of ether oxygens (including phenoxy) is 2. The van der Waals surface area contributed by atoms with E-state index in [2.05, 4.69) is 30.7 Å². The van der Waals surface area contributed by atoms with E-state index in [0.717, 1.165) is 46.9 Å². The highest BCUT2D eigenvalue weighted by Crippen LogP contribution is 2.38. The third kappa shape index (κ3) is 6.89. The van der Waals surface area contributed by atoms with Crippen LogP contribution in [0.5, 0.6) is 5.75 Å². The van der Waals surface area contributed by atoms with Crippen LogP contribution in [0.4, 0.5) is 23.0 Å². The van der Waals surface area contributed by atoms with Crippen molar-refractivity contribution >= 4 is 40.4 Å². The number of rotatable bonds is 13. The normalized spacial score (nSPS) is 12.3. The molecule has 1 aromatic heterocycles. The average molecular weight is 587 g/mol. The lowest BCUT2D eigenvalue weighted by Crippen LogP contribution is -2.29. The summed E-state index contributed by atoms with van der Waals surface area (Å²) in [6.45, 7) is 5.28. The zero-order chi connectivity index (χ0) is 31.3. The van der Waals surface area contributed by atoms with E-state index in [1.165, 1.54) is 6.20 Å². The Morgan fingerprint density at radius 2 is 1.81 bits per heavy atom. The summed E-state index contributed by atoms with van der Waals surface area (Å²) < 4.78 is 11.2. The van der Waals surface area contributed by atoms with Gasteiger partial charge in [0.1, 0.15) is 17.0 Å². The molecule has 0 saturated carbocycles. The van der Waals surface area contributed by atoms with Crippen LogP contribution in [0.25, 0.3) is 5.70 Å². The number of allylic oxidation sites excluding steroid dienone is 1. The van der Waals surface area contributed by atoms with Crippen molar-refractivity contribution in [3.8, 4) is 5.75 Å². The van der Waals surface area contributed by atoms with E-state index in [0.29, 0.717) is 17.9 Å². The number of fused-ring (bicyclic) bond motifs is 1. The minimum atomic E-state index is -0.580. The quantitative estimate of drug-likeness (QED) is 0.169. The van der Waals surface area contributed by atoms with Gasteiger partial charge in [0.05, 0.1) is 36.0 Å². The van der Waals surface area contributed by atoms with E-state index in [4.69, 9.17) is 14.5 Å². The molecule has 1 aliphatic rings. The van der Waals surface area contributed by atoms with Crippen LogP contribution < -0.4 is 25.6 Å². The van der Waals surface area contributed by atoms with Crippen molar-refractivity contribution in [1.82, 2.24) is 20.2 Å². The Morgan fingerprint density at radius 1 is 1.07 bits per heavy atom. The van der Waals surface area contributed by atoms with Crippen molar-refractivity contribution in [3.05, 3.63) is 70.6 Å². The van der Waals surface area contributed by atoms with Crippen molar-refractivity contribution in [2.75, 3.05) is 71.0 Å². The number of carbonyl (C=O) groups excluding carboxylic acids is 1. The number of aromatic nitrogens is 2. The number of likely N-dealkylation sites (N-methyl/N-ethyl adjacent to an activating group) is 2. The molecule has 0 aliphatic heterocycles. The van der Waals surface area contributed by atoms with Crippen LogP contribution in [0.15, 0.2) is 48.2 Å². The lowest BCUT2D eigenvalue weighted by molar-refractivity contribution is 0.0376. The molecule has 4 rings (SSSR count). The number of nitrogens with one attached hydrogen (secondary N) is 4. The first-order chi connectivity index (χ1) is 20.6. The molecule has 0 saturated heterocycles. The molecule has 3 aromatic rings. The molecule has 1 heterocycles. The van der Waals surface area contributed by atoms with Crippen molar-refractivity contribution in [1.29, 1.82) is 5.41 Å². The maximum absolute atomic E-state index is 13.1. The van der Waals surface area contributed by atoms with Gasteiger partial charge < -0.3 is 35.2 Å². The number of esters is 1. The number of methoxy groups -OCH3 is 1. The number of hydrogen-bond donors (Lipinski definition) is 4. The zero-order valence-corrected chi connectivity index (χ0v) is 26.3. The van der Waals surface area contributed by atoms with Gasteiger partial charge in [-0.15, -0.1) is 0 Å². The highest BCUT2D eigenvalue weighted by atomic mass is 16.5. The second-order valence-electron chi connectivity index (χ2n) is 10.9. The molecule has 0 radical (unpaired) electrons. The van der Waals surface area contributed by atoms with Gasteiger partial charge in [-0.3, -0.25) is 5.41 Å². The van der Waals surface area contributed by atoms with Crippen LogP contribution in [0.1, 0.15) is 41.0 Å². The van der Waals surface area contributed by atoms with E-state index in [1.807, 2.05) is 71.6 Å². The minimum Gasteiger partial charge on any atom is -0.494 e. The Hall–Kier alpha value is -4.64. The zero-order valence-electron chi connectivity index (χ0n) is 26.3. The summed E-state index contributed by atoms with van der Waals surface area (Å²) in [5, 5.41) is 19.0. The predicted octanol–water partition coefficient (Wildman–Crippen LogP) is 4.39. The Morgan fingerprint density at radius 3 is 2.47 bits per heavy atom. The van der Waals surface area contributed by atoms with Crippen LogP contribution in [0, 0.1) is 5.41 Å². The van der Waals surface area contributed by atoms with E-state index in [-0.39, 0.29) is 29.0 Å². The topological polar surface area (TPSA) is 128 Å². The van der Waals surface area contributed by atoms with Crippen LogP contribution in [0.2, 0.25) is 0 Å². The van der Waals surface area contributed by atoms with Gasteiger partial charge in [-0.1, -0.05) is 24.3 Å². The number of hydrogen-bond acceptors (Lipinski definition) is 11. The molecule has 0 atom stereocenters. The molecule has 0 fully saturated rings. The van der Waals surface area contributed by atoms with E-state index in [1.54, 1.807) is 21.0 Å². The molecular weight excluding hydrogens is 544 g/mol. The number of anilines is 4. The molecule has 43 heavy (non-hydrogen) atoms. The summed E-state index contributed by atoms with van der Waals surface area (Å²) in [5.41, 5.74) is 6.66. The molecule has 11 nitrogen and oxygen atoms in total. The van der Waals surface area contributed by atoms with Gasteiger partial charge in [0.2, 0.25) is 5.95 Å². The Bertz CT molecular complexity index is 1530. The van der Waals surface area contributed by atoms with E-state index < -0.39 is 5.97 Å². The first kappa shape index (κ1) is 31.3. The molecule has 0 spiro atoms. The highest BCUT2D eigenvalue weighted by molar-refractivity contribution is 6.18. The summed E-state index contributed by atoms with van der Waals surface area (Å²) in [7, 11) is 11.4. The van der Waals surface area contributed by atoms with Gasteiger partial charge in [-0.25, -0.2) is 14.8 Å². The van der Waals surface area contributed by atoms with Crippen LogP contribution in [-0.2, 0) is 11.2 Å². The number of carbonyl (C=O) groups is 1. The predicted molar refractivity (Wildman–Crippen MR) is 173 cm³/mol. The summed E-state index contributed by atoms with van der Waals surface area (Å²) in [6.07, 6.45) is 1.62. The SMILES string of the molecule is CNC1=C(C(=N)c2nc(Nc3cc(NC)c(N(C)CCN(C)C)cc3OC)ncc2C(=O)OC(C)C)Cc2ccccc21. The van der Waals surface area contributed by atoms with Gasteiger partial charge in [-0.2, -0.15) is 0 Å². The third-order valence-corrected chi connectivity index (χ3v) is 7.22. The Labute approximate surface area is 253 Å². The van der Waals surface area contributed by atoms with Crippen LogP contribution in [-0.4, -0.2) is 88.1 Å². The molecule has 0 bridgehead atoms. The fourth-order valence-corrected chi connectivity index (χ4v) is 5.00. The lowest BCUT2D eigenvalue weighted by Gasteiger charge is -2.25. The molecule has 0 amide bonds. The smallest absolute Gasteiger partial charge is 0.342 e. The second-order valence-corrected chi connectivity index (χ2v) is 10.9. The number of benzene rings is 2. The molecule has 228 valence electrons. The lowest BCUT2D eigenvalue weighted by atomic mass is 10.0. The first-order valence-electron chi connectivity index (χ1n) is 14.3. The minimum absolute atomic E-state index is 0.127. The monoisotopic (exact) mass is 586 g/mol. The first-order valence-corrected chi connectivity index (χ1v) is 14.3. The van der Waals surface area contributed by atoms with Gasteiger partial charge in [0, 0.05) is 69.8 Å². The summed E-state index contributed by atoms with van der Waals surface area (Å²) in [4.78, 5) is 26.6. The Balaban J connectivity index is 1.75. The van der Waals surface area contributed by atoms with Crippen LogP contribution >= 0.6 is 0 Å². The molecule has 1 aliphatic carbocycles. The van der Waals surface area contributed by atoms with Crippen LogP contribution in [0.3, 0.4) is 0 Å². The highest BCUT2D eigenvalue weighted by Gasteiger charge is 2.29. The van der Waals surface area contributed by atoms with Gasteiger partial charge >= 0.3 is 5.97 Å². The molecule has 2 aromatic carbocycles. The molecule has 4 N–H and O–H groups in total. The Kier molecular flexibility index (Phi) is 9.87. The van der Waals surface area contributed by atoms with Crippen molar-refractivity contribution in [2.45, 2.75) is 26.4 Å². The van der Waals surface area contributed by atoms with Gasteiger partial charge in [0.15, 0.2) is 0 Å². The summed E-state index contributed by atoms with van der Waals surface area (Å²) in [6, 6.07) is 11.9.